The van der Waals surface area contributed by atoms with Crippen LogP contribution in [0.5, 0.6) is 0 Å². The molecule has 0 saturated heterocycles. The fourth-order valence-corrected chi connectivity index (χ4v) is 3.28. The second kappa shape index (κ2) is 9.89. The summed E-state index contributed by atoms with van der Waals surface area (Å²) in [4.78, 5) is 35.5. The number of carbonyl (C=O) groups excluding carboxylic acids is 2. The summed E-state index contributed by atoms with van der Waals surface area (Å²) in [5.41, 5.74) is 0.522. The van der Waals surface area contributed by atoms with Crippen LogP contribution < -0.4 is 10.6 Å². The summed E-state index contributed by atoms with van der Waals surface area (Å²) in [6, 6.07) is 5.30. The van der Waals surface area contributed by atoms with Gasteiger partial charge in [-0.15, -0.1) is 0 Å². The molecule has 1 aromatic carbocycles. The first-order valence-electron chi connectivity index (χ1n) is 8.99. The Kier molecular flexibility index (Phi) is 7.56. The molecule has 2 unspecified atom stereocenters. The van der Waals surface area contributed by atoms with E-state index < -0.39 is 35.6 Å². The maximum atomic E-state index is 13.1. The number of benzene rings is 1. The Bertz CT molecular complexity index is 650. The molecule has 0 heterocycles. The standard InChI is InChI=1S/C19H25FN2O4/c20-14-7-5-6-13(10-14)11-17(23)21-12-18(24)22-16-9-4-2-1-3-8-15(16)19(25)26/h5-7,10,15-16H,1-4,8-9,11-12H2,(H,21,23)(H,22,24)(H,25,26). The van der Waals surface area contributed by atoms with Crippen molar-refractivity contribution in [3.05, 3.63) is 35.6 Å². The molecule has 0 radical (unpaired) electrons. The summed E-state index contributed by atoms with van der Waals surface area (Å²) in [7, 11) is 0. The van der Waals surface area contributed by atoms with Gasteiger partial charge in [-0.25, -0.2) is 4.39 Å². The van der Waals surface area contributed by atoms with Crippen LogP contribution in [0.25, 0.3) is 0 Å². The van der Waals surface area contributed by atoms with Crippen molar-refractivity contribution in [2.24, 2.45) is 5.92 Å². The molecule has 142 valence electrons. The number of nitrogens with one attached hydrogen (secondary N) is 2. The molecular formula is C19H25FN2O4. The molecule has 7 heteroatoms. The average Bonchev–Trinajstić information content (AvgIpc) is 2.55. The zero-order valence-corrected chi connectivity index (χ0v) is 14.7. The molecule has 3 N–H and O–H groups in total. The SMILES string of the molecule is O=C(Cc1cccc(F)c1)NCC(=O)NC1CCCCCCC1C(=O)O. The van der Waals surface area contributed by atoms with Crippen LogP contribution in [0.3, 0.4) is 0 Å². The Morgan fingerprint density at radius 3 is 2.50 bits per heavy atom. The van der Waals surface area contributed by atoms with E-state index in [0.29, 0.717) is 18.4 Å². The van der Waals surface area contributed by atoms with Gasteiger partial charge in [0.05, 0.1) is 18.9 Å². The third-order valence-corrected chi connectivity index (χ3v) is 4.63. The van der Waals surface area contributed by atoms with Gasteiger partial charge in [-0.1, -0.05) is 37.8 Å². The highest BCUT2D eigenvalue weighted by Crippen LogP contribution is 2.23. The lowest BCUT2D eigenvalue weighted by Crippen LogP contribution is -2.47. The molecule has 0 aromatic heterocycles. The second-order valence-corrected chi connectivity index (χ2v) is 6.69. The van der Waals surface area contributed by atoms with Crippen LogP contribution in [0.15, 0.2) is 24.3 Å². The fourth-order valence-electron chi connectivity index (χ4n) is 3.28. The minimum absolute atomic E-state index is 0.0216. The molecule has 0 bridgehead atoms. The predicted molar refractivity (Wildman–Crippen MR) is 93.9 cm³/mol. The van der Waals surface area contributed by atoms with Gasteiger partial charge in [-0.3, -0.25) is 14.4 Å². The van der Waals surface area contributed by atoms with Gasteiger partial charge in [0.2, 0.25) is 11.8 Å². The van der Waals surface area contributed by atoms with Crippen LogP contribution in [-0.4, -0.2) is 35.5 Å². The number of carboxylic acids is 1. The quantitative estimate of drug-likeness (QED) is 0.720. The van der Waals surface area contributed by atoms with Crippen molar-refractivity contribution in [2.75, 3.05) is 6.54 Å². The number of aliphatic carboxylic acids is 1. The van der Waals surface area contributed by atoms with Crippen LogP contribution in [-0.2, 0) is 20.8 Å². The first-order chi connectivity index (χ1) is 12.5. The van der Waals surface area contributed by atoms with Crippen molar-refractivity contribution in [2.45, 2.75) is 51.0 Å². The van der Waals surface area contributed by atoms with Crippen molar-refractivity contribution in [1.82, 2.24) is 10.6 Å². The van der Waals surface area contributed by atoms with Gasteiger partial charge in [-0.05, 0) is 30.5 Å². The van der Waals surface area contributed by atoms with Crippen LogP contribution in [0.4, 0.5) is 4.39 Å². The van der Waals surface area contributed by atoms with Gasteiger partial charge in [0.1, 0.15) is 5.82 Å². The number of hydrogen-bond acceptors (Lipinski definition) is 3. The highest BCUT2D eigenvalue weighted by Gasteiger charge is 2.29. The van der Waals surface area contributed by atoms with Crippen LogP contribution in [0, 0.1) is 11.7 Å². The van der Waals surface area contributed by atoms with Gasteiger partial charge in [0.15, 0.2) is 0 Å². The zero-order valence-electron chi connectivity index (χ0n) is 14.7. The minimum atomic E-state index is -0.896. The van der Waals surface area contributed by atoms with E-state index in [1.165, 1.54) is 18.2 Å². The van der Waals surface area contributed by atoms with Gasteiger partial charge >= 0.3 is 5.97 Å². The molecule has 2 atom stereocenters. The van der Waals surface area contributed by atoms with Gasteiger partial charge < -0.3 is 15.7 Å². The van der Waals surface area contributed by atoms with Crippen molar-refractivity contribution in [3.63, 3.8) is 0 Å². The number of amides is 2. The smallest absolute Gasteiger partial charge is 0.308 e. The molecule has 2 rings (SSSR count). The normalized spacial score (nSPS) is 20.5. The molecule has 0 spiro atoms. The monoisotopic (exact) mass is 364 g/mol. The Hall–Kier alpha value is -2.44. The molecule has 2 amide bonds. The molecule has 1 aliphatic rings. The van der Waals surface area contributed by atoms with Crippen molar-refractivity contribution in [1.29, 1.82) is 0 Å². The Morgan fingerprint density at radius 2 is 1.81 bits per heavy atom. The Balaban J connectivity index is 1.82. The topological polar surface area (TPSA) is 95.5 Å². The van der Waals surface area contributed by atoms with Crippen LogP contribution in [0.1, 0.15) is 44.1 Å². The number of carbonyl (C=O) groups is 3. The number of carboxylic acid groups (broad SMARTS) is 1. The Morgan fingerprint density at radius 1 is 1.08 bits per heavy atom. The highest BCUT2D eigenvalue weighted by molar-refractivity contribution is 5.86. The summed E-state index contributed by atoms with van der Waals surface area (Å²) in [5, 5.41) is 14.6. The van der Waals surface area contributed by atoms with Crippen LogP contribution >= 0.6 is 0 Å². The van der Waals surface area contributed by atoms with E-state index in [0.717, 1.165) is 25.7 Å². The molecular weight excluding hydrogens is 339 g/mol. The summed E-state index contributed by atoms with van der Waals surface area (Å²) in [6.07, 6.45) is 4.91. The predicted octanol–water partition coefficient (Wildman–Crippen LogP) is 2.02. The summed E-state index contributed by atoms with van der Waals surface area (Å²) in [6.45, 7) is -0.225. The fraction of sp³-hybridized carbons (Fsp3) is 0.526. The second-order valence-electron chi connectivity index (χ2n) is 6.69. The third-order valence-electron chi connectivity index (χ3n) is 4.63. The molecule has 1 fully saturated rings. The molecule has 1 aromatic rings. The highest BCUT2D eigenvalue weighted by atomic mass is 19.1. The average molecular weight is 364 g/mol. The van der Waals surface area contributed by atoms with Crippen molar-refractivity contribution >= 4 is 17.8 Å². The van der Waals surface area contributed by atoms with E-state index in [4.69, 9.17) is 0 Å². The molecule has 0 aliphatic heterocycles. The molecule has 6 nitrogen and oxygen atoms in total. The lowest BCUT2D eigenvalue weighted by molar-refractivity contribution is -0.143. The first-order valence-corrected chi connectivity index (χ1v) is 8.99. The van der Waals surface area contributed by atoms with Gasteiger partial charge in [0, 0.05) is 6.04 Å². The molecule has 1 aliphatic carbocycles. The first kappa shape index (κ1) is 19.9. The summed E-state index contributed by atoms with van der Waals surface area (Å²) < 4.78 is 13.1. The molecule has 1 saturated carbocycles. The van der Waals surface area contributed by atoms with E-state index in [1.807, 2.05) is 0 Å². The van der Waals surface area contributed by atoms with E-state index in [9.17, 15) is 23.9 Å². The number of hydrogen-bond donors (Lipinski definition) is 3. The summed E-state index contributed by atoms with van der Waals surface area (Å²) >= 11 is 0. The molecule has 26 heavy (non-hydrogen) atoms. The van der Waals surface area contributed by atoms with E-state index >= 15 is 0 Å². The van der Waals surface area contributed by atoms with Gasteiger partial charge in [-0.2, -0.15) is 0 Å². The zero-order chi connectivity index (χ0) is 18.9. The van der Waals surface area contributed by atoms with E-state index in [1.54, 1.807) is 6.07 Å². The number of rotatable bonds is 6. The minimum Gasteiger partial charge on any atom is -0.481 e. The van der Waals surface area contributed by atoms with Gasteiger partial charge in [0.25, 0.3) is 0 Å². The van der Waals surface area contributed by atoms with Crippen molar-refractivity contribution in [3.8, 4) is 0 Å². The van der Waals surface area contributed by atoms with Crippen molar-refractivity contribution < 1.29 is 23.9 Å². The number of halogens is 1. The van der Waals surface area contributed by atoms with Crippen LogP contribution in [0.2, 0.25) is 0 Å². The maximum Gasteiger partial charge on any atom is 0.308 e. The Labute approximate surface area is 152 Å². The lowest BCUT2D eigenvalue weighted by atomic mass is 9.87. The lowest BCUT2D eigenvalue weighted by Gasteiger charge is -2.27. The largest absolute Gasteiger partial charge is 0.481 e. The van der Waals surface area contributed by atoms with E-state index in [-0.39, 0.29) is 13.0 Å². The third kappa shape index (κ3) is 6.46. The van der Waals surface area contributed by atoms with E-state index in [2.05, 4.69) is 10.6 Å². The summed E-state index contributed by atoms with van der Waals surface area (Å²) in [5.74, 6) is -2.71. The maximum absolute atomic E-state index is 13.1.